The number of H-pyrrole nitrogens is 1. The third-order valence-electron chi connectivity index (χ3n) is 6.16. The Hall–Kier alpha value is -2.66. The number of hydrogen-bond acceptors (Lipinski definition) is 3. The van der Waals surface area contributed by atoms with Crippen LogP contribution in [-0.2, 0) is 19.4 Å². The van der Waals surface area contributed by atoms with Gasteiger partial charge in [-0.25, -0.2) is 0 Å². The maximum absolute atomic E-state index is 13.1. The number of hydrogen-bond donors (Lipinski definition) is 1. The predicted octanol–water partition coefficient (Wildman–Crippen LogP) is 3.40. The molecule has 5 heteroatoms. The first-order valence-corrected chi connectivity index (χ1v) is 10.3. The van der Waals surface area contributed by atoms with Crippen molar-refractivity contribution >= 4 is 16.8 Å². The number of carbonyl (C=O) groups excluding carboxylic acids is 1. The summed E-state index contributed by atoms with van der Waals surface area (Å²) in [7, 11) is 0. The summed E-state index contributed by atoms with van der Waals surface area (Å²) in [6.45, 7) is 4.32. The van der Waals surface area contributed by atoms with Gasteiger partial charge in [0.05, 0.1) is 0 Å². The number of benzene rings is 1. The fourth-order valence-electron chi connectivity index (χ4n) is 4.58. The molecule has 0 radical (unpaired) electrons. The van der Waals surface area contributed by atoms with Gasteiger partial charge < -0.3 is 9.88 Å². The number of carbonyl (C=O) groups is 1. The van der Waals surface area contributed by atoms with E-state index < -0.39 is 0 Å². The minimum atomic E-state index is 0.163. The highest BCUT2D eigenvalue weighted by Crippen LogP contribution is 2.30. The summed E-state index contributed by atoms with van der Waals surface area (Å²) < 4.78 is 0. The first-order chi connectivity index (χ1) is 13.8. The SMILES string of the molecule is O=C(c1ccc2[nH]c3c(c2c1)CCCC3)N1CCN(Cc2ccncc2)CC1. The van der Waals surface area contributed by atoms with Crippen LogP contribution in [-0.4, -0.2) is 51.9 Å². The van der Waals surface area contributed by atoms with Gasteiger partial charge in [0.2, 0.25) is 0 Å². The molecule has 1 amide bonds. The normalized spacial score (nSPS) is 17.6. The predicted molar refractivity (Wildman–Crippen MR) is 110 cm³/mol. The van der Waals surface area contributed by atoms with Gasteiger partial charge >= 0.3 is 0 Å². The summed E-state index contributed by atoms with van der Waals surface area (Å²) in [5, 5.41) is 1.25. The lowest BCUT2D eigenvalue weighted by Crippen LogP contribution is -2.48. The van der Waals surface area contributed by atoms with E-state index in [1.807, 2.05) is 23.4 Å². The van der Waals surface area contributed by atoms with E-state index in [1.165, 1.54) is 40.6 Å². The van der Waals surface area contributed by atoms with E-state index in [1.54, 1.807) is 0 Å². The van der Waals surface area contributed by atoms with Crippen LogP contribution in [0.4, 0.5) is 0 Å². The van der Waals surface area contributed by atoms with E-state index in [0.717, 1.165) is 51.1 Å². The molecule has 3 heterocycles. The van der Waals surface area contributed by atoms with E-state index >= 15 is 0 Å². The molecule has 2 aliphatic rings. The Morgan fingerprint density at radius 2 is 1.79 bits per heavy atom. The van der Waals surface area contributed by atoms with Crippen molar-refractivity contribution in [3.05, 3.63) is 65.1 Å². The van der Waals surface area contributed by atoms with Crippen LogP contribution in [0, 0.1) is 0 Å². The van der Waals surface area contributed by atoms with Crippen molar-refractivity contribution in [2.75, 3.05) is 26.2 Å². The fourth-order valence-corrected chi connectivity index (χ4v) is 4.58. The zero-order valence-corrected chi connectivity index (χ0v) is 16.2. The molecule has 1 N–H and O–H groups in total. The van der Waals surface area contributed by atoms with E-state index in [-0.39, 0.29) is 5.91 Å². The van der Waals surface area contributed by atoms with E-state index in [0.29, 0.717) is 0 Å². The minimum Gasteiger partial charge on any atom is -0.358 e. The summed E-state index contributed by atoms with van der Waals surface area (Å²) in [5.41, 5.74) is 6.07. The van der Waals surface area contributed by atoms with Crippen LogP contribution in [0.25, 0.3) is 10.9 Å². The number of nitrogens with one attached hydrogen (secondary N) is 1. The van der Waals surface area contributed by atoms with Gasteiger partial charge in [-0.2, -0.15) is 0 Å². The highest BCUT2D eigenvalue weighted by atomic mass is 16.2. The molecule has 0 atom stereocenters. The molecule has 5 nitrogen and oxygen atoms in total. The number of aromatic amines is 1. The topological polar surface area (TPSA) is 52.2 Å². The molecule has 3 aromatic rings. The summed E-state index contributed by atoms with van der Waals surface area (Å²) in [4.78, 5) is 25.1. The van der Waals surface area contributed by atoms with Crippen molar-refractivity contribution in [1.82, 2.24) is 19.8 Å². The van der Waals surface area contributed by atoms with Crippen LogP contribution in [0.15, 0.2) is 42.7 Å². The third kappa shape index (κ3) is 3.31. The number of amides is 1. The summed E-state index contributed by atoms with van der Waals surface area (Å²) >= 11 is 0. The van der Waals surface area contributed by atoms with Crippen LogP contribution in [0.5, 0.6) is 0 Å². The van der Waals surface area contributed by atoms with Crippen LogP contribution in [0.1, 0.15) is 40.0 Å². The molecular formula is C23H26N4O. The van der Waals surface area contributed by atoms with Crippen molar-refractivity contribution in [2.45, 2.75) is 32.2 Å². The smallest absolute Gasteiger partial charge is 0.253 e. The Labute approximate surface area is 165 Å². The lowest BCUT2D eigenvalue weighted by atomic mass is 9.95. The second kappa shape index (κ2) is 7.40. The van der Waals surface area contributed by atoms with Gasteiger partial charge in [0.25, 0.3) is 5.91 Å². The number of fused-ring (bicyclic) bond motifs is 3. The van der Waals surface area contributed by atoms with Gasteiger partial charge in [0.15, 0.2) is 0 Å². The fraction of sp³-hybridized carbons (Fsp3) is 0.391. The van der Waals surface area contributed by atoms with Gasteiger partial charge in [-0.1, -0.05) is 0 Å². The monoisotopic (exact) mass is 374 g/mol. The molecule has 1 fully saturated rings. The zero-order chi connectivity index (χ0) is 18.9. The van der Waals surface area contributed by atoms with Crippen molar-refractivity contribution in [1.29, 1.82) is 0 Å². The largest absolute Gasteiger partial charge is 0.358 e. The average Bonchev–Trinajstić information content (AvgIpc) is 3.12. The molecule has 28 heavy (non-hydrogen) atoms. The molecule has 1 aromatic carbocycles. The number of nitrogens with zero attached hydrogens (tertiary/aromatic N) is 3. The lowest BCUT2D eigenvalue weighted by molar-refractivity contribution is 0.0628. The van der Waals surface area contributed by atoms with Crippen LogP contribution < -0.4 is 0 Å². The van der Waals surface area contributed by atoms with E-state index in [9.17, 15) is 4.79 Å². The Balaban J connectivity index is 1.28. The van der Waals surface area contributed by atoms with Gasteiger partial charge in [-0.05, 0) is 67.1 Å². The number of aromatic nitrogens is 2. The summed E-state index contributed by atoms with van der Waals surface area (Å²) in [6.07, 6.45) is 8.44. The highest BCUT2D eigenvalue weighted by molar-refractivity contribution is 5.99. The molecule has 0 unspecified atom stereocenters. The maximum Gasteiger partial charge on any atom is 0.253 e. The van der Waals surface area contributed by atoms with Gasteiger partial charge in [0.1, 0.15) is 0 Å². The van der Waals surface area contributed by atoms with Crippen molar-refractivity contribution in [3.8, 4) is 0 Å². The lowest BCUT2D eigenvalue weighted by Gasteiger charge is -2.34. The number of pyridine rings is 1. The molecule has 144 valence electrons. The Kier molecular flexibility index (Phi) is 4.61. The molecule has 2 aromatic heterocycles. The zero-order valence-electron chi connectivity index (χ0n) is 16.2. The van der Waals surface area contributed by atoms with Crippen LogP contribution in [0.2, 0.25) is 0 Å². The molecular weight excluding hydrogens is 348 g/mol. The standard InChI is InChI=1S/C23H26N4O/c28-23(27-13-11-26(12-14-27)16-17-7-9-24-10-8-17)18-5-6-22-20(15-18)19-3-1-2-4-21(19)25-22/h5-10,15,25H,1-4,11-14,16H2. The van der Waals surface area contributed by atoms with E-state index in [2.05, 4.69) is 39.1 Å². The van der Waals surface area contributed by atoms with Crippen molar-refractivity contribution < 1.29 is 4.79 Å². The molecule has 0 bridgehead atoms. The third-order valence-corrected chi connectivity index (χ3v) is 6.16. The van der Waals surface area contributed by atoms with Crippen molar-refractivity contribution in [3.63, 3.8) is 0 Å². The Bertz CT molecular complexity index is 987. The quantitative estimate of drug-likeness (QED) is 0.764. The first-order valence-electron chi connectivity index (χ1n) is 10.3. The van der Waals surface area contributed by atoms with Gasteiger partial charge in [-0.3, -0.25) is 14.7 Å². The van der Waals surface area contributed by atoms with Gasteiger partial charge in [0, 0.05) is 67.3 Å². The maximum atomic E-state index is 13.1. The van der Waals surface area contributed by atoms with Crippen LogP contribution >= 0.6 is 0 Å². The second-order valence-corrected chi connectivity index (χ2v) is 7.97. The molecule has 1 aliphatic carbocycles. The molecule has 5 rings (SSSR count). The molecule has 1 saturated heterocycles. The first kappa shape index (κ1) is 17.4. The number of piperazine rings is 1. The van der Waals surface area contributed by atoms with Crippen molar-refractivity contribution in [2.24, 2.45) is 0 Å². The minimum absolute atomic E-state index is 0.163. The molecule has 0 saturated carbocycles. The summed E-state index contributed by atoms with van der Waals surface area (Å²) in [6, 6.07) is 10.3. The number of rotatable bonds is 3. The second-order valence-electron chi connectivity index (χ2n) is 7.97. The van der Waals surface area contributed by atoms with Gasteiger partial charge in [-0.15, -0.1) is 0 Å². The molecule has 0 spiro atoms. The average molecular weight is 374 g/mol. The highest BCUT2D eigenvalue weighted by Gasteiger charge is 2.23. The number of aryl methyl sites for hydroxylation is 2. The molecule has 1 aliphatic heterocycles. The summed E-state index contributed by atoms with van der Waals surface area (Å²) in [5.74, 6) is 0.163. The Morgan fingerprint density at radius 1 is 1.00 bits per heavy atom. The van der Waals surface area contributed by atoms with Crippen LogP contribution in [0.3, 0.4) is 0 Å². The van der Waals surface area contributed by atoms with E-state index in [4.69, 9.17) is 0 Å². The Morgan fingerprint density at radius 3 is 2.61 bits per heavy atom.